The average molecular weight is 347 g/mol. The van der Waals surface area contributed by atoms with Crippen molar-refractivity contribution in [1.82, 2.24) is 19.4 Å². The lowest BCUT2D eigenvalue weighted by Gasteiger charge is -2.34. The van der Waals surface area contributed by atoms with Gasteiger partial charge in [-0.3, -0.25) is 4.79 Å². The molecule has 3 rings (SSSR count). The van der Waals surface area contributed by atoms with Crippen molar-refractivity contribution in [3.8, 4) is 0 Å². The van der Waals surface area contributed by atoms with E-state index in [2.05, 4.69) is 32.5 Å². The molecule has 1 atom stereocenters. The van der Waals surface area contributed by atoms with Crippen molar-refractivity contribution in [1.29, 1.82) is 0 Å². The van der Waals surface area contributed by atoms with Crippen LogP contribution in [0.15, 0.2) is 12.4 Å². The van der Waals surface area contributed by atoms with Crippen LogP contribution in [0.5, 0.6) is 0 Å². The van der Waals surface area contributed by atoms with Gasteiger partial charge in [0.2, 0.25) is 5.91 Å². The van der Waals surface area contributed by atoms with E-state index in [0.29, 0.717) is 18.2 Å². The molecule has 5 nitrogen and oxygen atoms in total. The van der Waals surface area contributed by atoms with Crippen LogP contribution in [0.4, 0.5) is 0 Å². The molecule has 2 saturated heterocycles. The van der Waals surface area contributed by atoms with Crippen molar-refractivity contribution >= 4 is 5.91 Å². The highest BCUT2D eigenvalue weighted by molar-refractivity contribution is 5.76. The van der Waals surface area contributed by atoms with Gasteiger partial charge in [-0.15, -0.1) is 0 Å². The molecular formula is C20H34N4O. The largest absolute Gasteiger partial charge is 0.342 e. The summed E-state index contributed by atoms with van der Waals surface area (Å²) in [5, 5.41) is 0. The Balaban J connectivity index is 1.52. The minimum atomic E-state index is 0.335. The Morgan fingerprint density at radius 3 is 2.80 bits per heavy atom. The highest BCUT2D eigenvalue weighted by Crippen LogP contribution is 2.26. The molecule has 3 heterocycles. The Hall–Kier alpha value is -1.36. The van der Waals surface area contributed by atoms with Crippen LogP contribution < -0.4 is 0 Å². The van der Waals surface area contributed by atoms with Gasteiger partial charge in [0.25, 0.3) is 0 Å². The predicted molar refractivity (Wildman–Crippen MR) is 101 cm³/mol. The highest BCUT2D eigenvalue weighted by Gasteiger charge is 2.27. The van der Waals surface area contributed by atoms with Crippen molar-refractivity contribution in [2.24, 2.45) is 0 Å². The lowest BCUT2D eigenvalue weighted by molar-refractivity contribution is -0.132. The fourth-order valence-electron chi connectivity index (χ4n) is 4.21. The molecule has 0 bridgehead atoms. The van der Waals surface area contributed by atoms with E-state index >= 15 is 0 Å². The number of aromatic nitrogens is 2. The Bertz CT molecular complexity index is 536. The average Bonchev–Trinajstić information content (AvgIpc) is 3.14. The third kappa shape index (κ3) is 5.06. The molecule has 2 aliphatic heterocycles. The smallest absolute Gasteiger partial charge is 0.223 e. The van der Waals surface area contributed by atoms with Crippen LogP contribution in [0.25, 0.3) is 0 Å². The summed E-state index contributed by atoms with van der Waals surface area (Å²) in [7, 11) is 0. The van der Waals surface area contributed by atoms with Gasteiger partial charge in [0, 0.05) is 50.9 Å². The molecule has 1 unspecified atom stereocenters. The molecule has 0 spiro atoms. The molecule has 0 aliphatic carbocycles. The SMILES string of the molecule is CCCCn1ccnc1C1CCCN(C(=O)CCN2CCCCC2)C1. The van der Waals surface area contributed by atoms with E-state index in [1.807, 2.05) is 6.20 Å². The summed E-state index contributed by atoms with van der Waals surface area (Å²) in [6.07, 6.45) is 13.3. The van der Waals surface area contributed by atoms with Gasteiger partial charge in [0.1, 0.15) is 5.82 Å². The molecule has 0 saturated carbocycles. The van der Waals surface area contributed by atoms with Crippen molar-refractivity contribution in [2.75, 3.05) is 32.7 Å². The Labute approximate surface area is 152 Å². The maximum atomic E-state index is 12.7. The lowest BCUT2D eigenvalue weighted by Crippen LogP contribution is -2.41. The zero-order valence-electron chi connectivity index (χ0n) is 15.8. The van der Waals surface area contributed by atoms with Gasteiger partial charge in [0.15, 0.2) is 0 Å². The maximum Gasteiger partial charge on any atom is 0.223 e. The number of piperidine rings is 2. The van der Waals surface area contributed by atoms with E-state index in [-0.39, 0.29) is 0 Å². The summed E-state index contributed by atoms with van der Waals surface area (Å²) in [6.45, 7) is 8.32. The van der Waals surface area contributed by atoms with Gasteiger partial charge in [-0.05, 0) is 45.2 Å². The van der Waals surface area contributed by atoms with Crippen LogP contribution in [0, 0.1) is 0 Å². The van der Waals surface area contributed by atoms with Crippen molar-refractivity contribution in [3.63, 3.8) is 0 Å². The number of hydrogen-bond acceptors (Lipinski definition) is 3. The Morgan fingerprint density at radius 1 is 1.16 bits per heavy atom. The van der Waals surface area contributed by atoms with Crippen LogP contribution in [0.3, 0.4) is 0 Å². The zero-order valence-corrected chi connectivity index (χ0v) is 15.8. The summed E-state index contributed by atoms with van der Waals surface area (Å²) < 4.78 is 2.30. The number of carbonyl (C=O) groups is 1. The number of hydrogen-bond donors (Lipinski definition) is 0. The van der Waals surface area contributed by atoms with Crippen LogP contribution >= 0.6 is 0 Å². The molecule has 1 aromatic rings. The lowest BCUT2D eigenvalue weighted by atomic mass is 9.96. The van der Waals surface area contributed by atoms with Gasteiger partial charge in [-0.1, -0.05) is 19.8 Å². The summed E-state index contributed by atoms with van der Waals surface area (Å²) in [4.78, 5) is 21.9. The van der Waals surface area contributed by atoms with Gasteiger partial charge in [0.05, 0.1) is 0 Å². The minimum absolute atomic E-state index is 0.335. The second-order valence-corrected chi connectivity index (χ2v) is 7.66. The van der Waals surface area contributed by atoms with Crippen molar-refractivity contribution in [2.45, 2.75) is 70.8 Å². The third-order valence-electron chi connectivity index (χ3n) is 5.73. The topological polar surface area (TPSA) is 41.4 Å². The van der Waals surface area contributed by atoms with E-state index in [0.717, 1.165) is 39.0 Å². The molecule has 1 amide bonds. The number of unbranched alkanes of at least 4 members (excludes halogenated alkanes) is 1. The van der Waals surface area contributed by atoms with E-state index in [1.165, 1.54) is 51.0 Å². The Morgan fingerprint density at radius 2 is 2.00 bits per heavy atom. The first-order valence-corrected chi connectivity index (χ1v) is 10.3. The first kappa shape index (κ1) is 18.4. The minimum Gasteiger partial charge on any atom is -0.342 e. The second kappa shape index (κ2) is 9.37. The molecule has 2 fully saturated rings. The molecule has 0 aromatic carbocycles. The van der Waals surface area contributed by atoms with Gasteiger partial charge < -0.3 is 14.4 Å². The first-order chi connectivity index (χ1) is 12.3. The zero-order chi connectivity index (χ0) is 17.5. The van der Waals surface area contributed by atoms with Gasteiger partial charge >= 0.3 is 0 Å². The standard InChI is InChI=1S/C20H34N4O/c1-2-3-13-23-16-10-21-20(23)18-8-7-14-24(17-18)19(25)9-15-22-11-5-4-6-12-22/h10,16,18H,2-9,11-15,17H2,1H3. The van der Waals surface area contributed by atoms with E-state index < -0.39 is 0 Å². The van der Waals surface area contributed by atoms with E-state index in [4.69, 9.17) is 0 Å². The number of aryl methyl sites for hydroxylation is 1. The monoisotopic (exact) mass is 346 g/mol. The Kier molecular flexibility index (Phi) is 6.91. The fourth-order valence-corrected chi connectivity index (χ4v) is 4.21. The number of carbonyl (C=O) groups excluding carboxylic acids is 1. The van der Waals surface area contributed by atoms with Crippen LogP contribution in [-0.4, -0.2) is 58.0 Å². The quantitative estimate of drug-likeness (QED) is 0.761. The number of imidazole rings is 1. The number of rotatable bonds is 7. The normalized spacial score (nSPS) is 22.3. The van der Waals surface area contributed by atoms with E-state index in [9.17, 15) is 4.79 Å². The molecule has 0 radical (unpaired) electrons. The van der Waals surface area contributed by atoms with Crippen LogP contribution in [-0.2, 0) is 11.3 Å². The number of likely N-dealkylation sites (tertiary alicyclic amines) is 2. The van der Waals surface area contributed by atoms with E-state index in [1.54, 1.807) is 0 Å². The third-order valence-corrected chi connectivity index (χ3v) is 5.73. The number of nitrogens with zero attached hydrogens (tertiary/aromatic N) is 4. The summed E-state index contributed by atoms with van der Waals surface area (Å²) in [5.41, 5.74) is 0. The van der Waals surface area contributed by atoms with Crippen molar-refractivity contribution < 1.29 is 4.79 Å². The number of amides is 1. The van der Waals surface area contributed by atoms with Crippen molar-refractivity contribution in [3.05, 3.63) is 18.2 Å². The second-order valence-electron chi connectivity index (χ2n) is 7.66. The highest BCUT2D eigenvalue weighted by atomic mass is 16.2. The molecule has 25 heavy (non-hydrogen) atoms. The predicted octanol–water partition coefficient (Wildman–Crippen LogP) is 3.27. The molecule has 0 N–H and O–H groups in total. The summed E-state index contributed by atoms with van der Waals surface area (Å²) in [5.74, 6) is 1.92. The van der Waals surface area contributed by atoms with Crippen LogP contribution in [0.2, 0.25) is 0 Å². The molecule has 1 aromatic heterocycles. The van der Waals surface area contributed by atoms with Gasteiger partial charge in [-0.2, -0.15) is 0 Å². The molecular weight excluding hydrogens is 312 g/mol. The summed E-state index contributed by atoms with van der Waals surface area (Å²) >= 11 is 0. The first-order valence-electron chi connectivity index (χ1n) is 10.3. The fraction of sp³-hybridized carbons (Fsp3) is 0.800. The molecule has 5 heteroatoms. The maximum absolute atomic E-state index is 12.7. The van der Waals surface area contributed by atoms with Crippen LogP contribution in [0.1, 0.15) is 70.0 Å². The molecule has 140 valence electrons. The summed E-state index contributed by atoms with van der Waals surface area (Å²) in [6, 6.07) is 0. The van der Waals surface area contributed by atoms with Gasteiger partial charge in [-0.25, -0.2) is 4.98 Å². The molecule has 2 aliphatic rings.